The summed E-state index contributed by atoms with van der Waals surface area (Å²) >= 11 is 0. The van der Waals surface area contributed by atoms with E-state index in [-0.39, 0.29) is 0 Å². The summed E-state index contributed by atoms with van der Waals surface area (Å²) in [5.74, 6) is 0. The summed E-state index contributed by atoms with van der Waals surface area (Å²) in [6.45, 7) is 3.39. The van der Waals surface area contributed by atoms with Gasteiger partial charge in [0, 0.05) is 13.7 Å². The molecule has 0 spiro atoms. The van der Waals surface area contributed by atoms with Crippen molar-refractivity contribution in [2.24, 2.45) is 5.10 Å². The lowest BCUT2D eigenvalue weighted by atomic mass is 10.2. The third-order valence-electron chi connectivity index (χ3n) is 2.14. The van der Waals surface area contributed by atoms with Crippen LogP contribution in [0.3, 0.4) is 0 Å². The fourth-order valence-corrected chi connectivity index (χ4v) is 1.52. The summed E-state index contributed by atoms with van der Waals surface area (Å²) in [7, 11) is 1.70. The van der Waals surface area contributed by atoms with E-state index >= 15 is 0 Å². The van der Waals surface area contributed by atoms with Gasteiger partial charge in [0.25, 0.3) is 0 Å². The van der Waals surface area contributed by atoms with Gasteiger partial charge in [-0.2, -0.15) is 5.10 Å². The maximum Gasteiger partial charge on any atom is 0.0880 e. The lowest BCUT2D eigenvalue weighted by molar-refractivity contribution is 0.117. The number of aliphatic hydroxyl groups is 1. The smallest absolute Gasteiger partial charge is 0.0880 e. The molecular weight excluding hydrogens is 168 g/mol. The Labute approximate surface area is 79.2 Å². The first-order valence-corrected chi connectivity index (χ1v) is 4.71. The van der Waals surface area contributed by atoms with Crippen LogP contribution in [0.4, 0.5) is 0 Å². The zero-order valence-electron chi connectivity index (χ0n) is 8.31. The molecule has 0 aromatic rings. The van der Waals surface area contributed by atoms with Crippen LogP contribution in [0.5, 0.6) is 0 Å². The molecule has 1 heterocycles. The quantitative estimate of drug-likeness (QED) is 0.649. The fourth-order valence-electron chi connectivity index (χ4n) is 1.52. The molecule has 0 aromatic carbocycles. The number of ether oxygens (including phenoxy) is 1. The van der Waals surface area contributed by atoms with E-state index in [0.29, 0.717) is 6.04 Å². The summed E-state index contributed by atoms with van der Waals surface area (Å²) in [6.07, 6.45) is 3.38. The summed E-state index contributed by atoms with van der Waals surface area (Å²) < 4.78 is 5.08. The van der Waals surface area contributed by atoms with Crippen molar-refractivity contribution in [2.75, 3.05) is 20.3 Å². The third-order valence-corrected chi connectivity index (χ3v) is 2.14. The van der Waals surface area contributed by atoms with Gasteiger partial charge in [-0.25, -0.2) is 0 Å². The van der Waals surface area contributed by atoms with Crippen LogP contribution in [-0.4, -0.2) is 48.7 Å². The Morgan fingerprint density at radius 1 is 1.77 bits per heavy atom. The largest absolute Gasteiger partial charge is 0.388 e. The van der Waals surface area contributed by atoms with Gasteiger partial charge in [-0.1, -0.05) is 0 Å². The van der Waals surface area contributed by atoms with Crippen LogP contribution in [0.1, 0.15) is 19.8 Å². The van der Waals surface area contributed by atoms with E-state index in [1.165, 1.54) is 0 Å². The monoisotopic (exact) mass is 186 g/mol. The van der Waals surface area contributed by atoms with E-state index in [1.807, 2.05) is 5.01 Å². The molecule has 0 radical (unpaired) electrons. The van der Waals surface area contributed by atoms with Gasteiger partial charge in [0.1, 0.15) is 0 Å². The van der Waals surface area contributed by atoms with E-state index in [1.54, 1.807) is 20.2 Å². The van der Waals surface area contributed by atoms with Crippen LogP contribution >= 0.6 is 0 Å². The predicted octanol–water partition coefficient (Wildman–Crippen LogP) is 0.464. The molecule has 1 saturated heterocycles. The van der Waals surface area contributed by atoms with Crippen molar-refractivity contribution in [3.63, 3.8) is 0 Å². The molecule has 0 aromatic heterocycles. The van der Waals surface area contributed by atoms with Crippen LogP contribution in [-0.2, 0) is 4.74 Å². The second-order valence-corrected chi connectivity index (χ2v) is 3.42. The van der Waals surface area contributed by atoms with Crippen molar-refractivity contribution < 1.29 is 9.84 Å². The Hall–Kier alpha value is -0.610. The predicted molar refractivity (Wildman–Crippen MR) is 51.8 cm³/mol. The number of hydrazone groups is 1. The molecule has 2 unspecified atom stereocenters. The van der Waals surface area contributed by atoms with E-state index in [2.05, 4.69) is 5.10 Å². The number of hydrogen-bond acceptors (Lipinski definition) is 4. The fraction of sp³-hybridized carbons (Fsp3) is 0.889. The molecule has 13 heavy (non-hydrogen) atoms. The minimum atomic E-state index is -0.469. The Kier molecular flexibility index (Phi) is 4.18. The molecule has 1 fully saturated rings. The highest BCUT2D eigenvalue weighted by Gasteiger charge is 2.22. The number of methoxy groups -OCH3 is 1. The summed E-state index contributed by atoms with van der Waals surface area (Å²) in [6, 6.07) is 0.389. The first-order chi connectivity index (χ1) is 6.24. The van der Waals surface area contributed by atoms with Crippen molar-refractivity contribution >= 4 is 6.21 Å². The zero-order valence-corrected chi connectivity index (χ0v) is 8.31. The van der Waals surface area contributed by atoms with Crippen molar-refractivity contribution in [1.82, 2.24) is 5.01 Å². The molecule has 0 bridgehead atoms. The lowest BCUT2D eigenvalue weighted by Gasteiger charge is -2.20. The van der Waals surface area contributed by atoms with Gasteiger partial charge in [0.15, 0.2) is 0 Å². The number of aliphatic hydroxyl groups excluding tert-OH is 1. The standard InChI is InChI=1S/C9H18N2O2/c1-8(12)6-10-11-5-3-4-9(11)7-13-2/h6,8-9,12H,3-5,7H2,1-2H3/b10-6+. The maximum atomic E-state index is 9.02. The second kappa shape index (κ2) is 5.19. The Morgan fingerprint density at radius 2 is 2.54 bits per heavy atom. The second-order valence-electron chi connectivity index (χ2n) is 3.42. The molecule has 76 valence electrons. The van der Waals surface area contributed by atoms with Gasteiger partial charge in [0.05, 0.1) is 25.0 Å². The SMILES string of the molecule is COCC1CCCN1/N=C/C(C)O. The van der Waals surface area contributed by atoms with Gasteiger partial charge in [-0.15, -0.1) is 0 Å². The van der Waals surface area contributed by atoms with Gasteiger partial charge in [0.2, 0.25) is 0 Å². The molecule has 1 aliphatic heterocycles. The molecule has 4 nitrogen and oxygen atoms in total. The van der Waals surface area contributed by atoms with Crippen LogP contribution < -0.4 is 0 Å². The molecular formula is C9H18N2O2. The summed E-state index contributed by atoms with van der Waals surface area (Å²) in [5, 5.41) is 15.2. The molecule has 0 saturated carbocycles. The minimum absolute atomic E-state index is 0.389. The lowest BCUT2D eigenvalue weighted by Crippen LogP contribution is -2.29. The van der Waals surface area contributed by atoms with Crippen LogP contribution in [0, 0.1) is 0 Å². The van der Waals surface area contributed by atoms with Gasteiger partial charge in [-0.3, -0.25) is 5.01 Å². The van der Waals surface area contributed by atoms with E-state index < -0.39 is 6.10 Å². The van der Waals surface area contributed by atoms with Gasteiger partial charge >= 0.3 is 0 Å². The third kappa shape index (κ3) is 3.32. The van der Waals surface area contributed by atoms with E-state index in [4.69, 9.17) is 9.84 Å². The normalized spacial score (nSPS) is 25.8. The number of hydrogen-bond donors (Lipinski definition) is 1. The van der Waals surface area contributed by atoms with Gasteiger partial charge < -0.3 is 9.84 Å². The van der Waals surface area contributed by atoms with Crippen LogP contribution in [0.15, 0.2) is 5.10 Å². The number of rotatable bonds is 4. The van der Waals surface area contributed by atoms with Crippen molar-refractivity contribution in [1.29, 1.82) is 0 Å². The molecule has 1 aliphatic rings. The van der Waals surface area contributed by atoms with E-state index in [0.717, 1.165) is 26.0 Å². The first-order valence-electron chi connectivity index (χ1n) is 4.71. The first kappa shape index (κ1) is 10.5. The molecule has 0 amide bonds. The highest BCUT2D eigenvalue weighted by atomic mass is 16.5. The summed E-state index contributed by atoms with van der Waals surface area (Å²) in [5.41, 5.74) is 0. The average Bonchev–Trinajstić information content (AvgIpc) is 2.49. The Morgan fingerprint density at radius 3 is 3.15 bits per heavy atom. The average molecular weight is 186 g/mol. The van der Waals surface area contributed by atoms with Crippen molar-refractivity contribution in [2.45, 2.75) is 31.9 Å². The van der Waals surface area contributed by atoms with Crippen LogP contribution in [0.2, 0.25) is 0 Å². The molecule has 0 aliphatic carbocycles. The highest BCUT2D eigenvalue weighted by molar-refractivity contribution is 5.61. The number of nitrogens with zero attached hydrogens (tertiary/aromatic N) is 2. The summed E-state index contributed by atoms with van der Waals surface area (Å²) in [4.78, 5) is 0. The van der Waals surface area contributed by atoms with Crippen LogP contribution in [0.25, 0.3) is 0 Å². The van der Waals surface area contributed by atoms with Crippen molar-refractivity contribution in [3.8, 4) is 0 Å². The topological polar surface area (TPSA) is 45.1 Å². The van der Waals surface area contributed by atoms with Crippen molar-refractivity contribution in [3.05, 3.63) is 0 Å². The molecule has 2 atom stereocenters. The van der Waals surface area contributed by atoms with E-state index in [9.17, 15) is 0 Å². The maximum absolute atomic E-state index is 9.02. The molecule has 1 N–H and O–H groups in total. The molecule has 4 heteroatoms. The highest BCUT2D eigenvalue weighted by Crippen LogP contribution is 2.17. The molecule has 1 rings (SSSR count). The van der Waals surface area contributed by atoms with Gasteiger partial charge in [-0.05, 0) is 19.8 Å². The minimum Gasteiger partial charge on any atom is -0.388 e. The Balaban J connectivity index is 2.39. The zero-order chi connectivity index (χ0) is 9.68. The Bertz CT molecular complexity index is 171.